The molecule has 0 aromatic heterocycles. The number of hydrogen-bond donors (Lipinski definition) is 1. The molecule has 0 saturated carbocycles. The van der Waals surface area contributed by atoms with Crippen molar-refractivity contribution < 1.29 is 9.47 Å². The van der Waals surface area contributed by atoms with Crippen LogP contribution in [0.5, 0.6) is 11.5 Å². The highest BCUT2D eigenvalue weighted by Gasteiger charge is 2.11. The van der Waals surface area contributed by atoms with E-state index in [0.29, 0.717) is 6.61 Å². The predicted octanol–water partition coefficient (Wildman–Crippen LogP) is 5.24. The summed E-state index contributed by atoms with van der Waals surface area (Å²) in [6.07, 6.45) is 1.72. The fourth-order valence-electron chi connectivity index (χ4n) is 1.93. The molecule has 1 N–H and O–H groups in total. The van der Waals surface area contributed by atoms with Crippen LogP contribution in [0.25, 0.3) is 0 Å². The lowest BCUT2D eigenvalue weighted by molar-refractivity contribution is 0.324. The van der Waals surface area contributed by atoms with Crippen LogP contribution in [-0.2, 0) is 6.54 Å². The van der Waals surface area contributed by atoms with Crippen LogP contribution in [0.1, 0.15) is 5.56 Å². The van der Waals surface area contributed by atoms with E-state index in [0.717, 1.165) is 37.3 Å². The summed E-state index contributed by atoms with van der Waals surface area (Å²) in [5.41, 5.74) is 2.21. The minimum absolute atomic E-state index is 0.461. The molecule has 0 saturated heterocycles. The van der Waals surface area contributed by atoms with Crippen LogP contribution < -0.4 is 14.8 Å². The Labute approximate surface area is 153 Å². The van der Waals surface area contributed by atoms with Crippen LogP contribution in [0.3, 0.4) is 0 Å². The van der Waals surface area contributed by atoms with Gasteiger partial charge in [-0.15, -0.1) is 0 Å². The van der Waals surface area contributed by atoms with Gasteiger partial charge in [0, 0.05) is 16.7 Å². The van der Waals surface area contributed by atoms with Crippen molar-refractivity contribution in [3.63, 3.8) is 0 Å². The summed E-state index contributed by atoms with van der Waals surface area (Å²) in [5.74, 6) is 1.50. The molecule has 0 radical (unpaired) electrons. The minimum Gasteiger partial charge on any atom is -0.493 e. The SMILES string of the molecule is C=CCOc1c(I)cc(CNc2ccc(Br)cc2)cc1OC. The summed E-state index contributed by atoms with van der Waals surface area (Å²) in [5, 5.41) is 3.39. The summed E-state index contributed by atoms with van der Waals surface area (Å²) in [7, 11) is 1.65. The highest BCUT2D eigenvalue weighted by Crippen LogP contribution is 2.34. The highest BCUT2D eigenvalue weighted by molar-refractivity contribution is 14.1. The van der Waals surface area contributed by atoms with Crippen molar-refractivity contribution in [1.29, 1.82) is 0 Å². The van der Waals surface area contributed by atoms with E-state index >= 15 is 0 Å². The molecule has 2 rings (SSSR count). The second kappa shape index (κ2) is 8.43. The minimum atomic E-state index is 0.461. The molecular weight excluding hydrogens is 457 g/mol. The topological polar surface area (TPSA) is 30.5 Å². The van der Waals surface area contributed by atoms with Gasteiger partial charge in [-0.1, -0.05) is 28.6 Å². The molecule has 5 heteroatoms. The van der Waals surface area contributed by atoms with Gasteiger partial charge in [0.05, 0.1) is 10.7 Å². The summed E-state index contributed by atoms with van der Waals surface area (Å²) in [4.78, 5) is 0. The van der Waals surface area contributed by atoms with E-state index in [9.17, 15) is 0 Å². The van der Waals surface area contributed by atoms with Crippen LogP contribution in [-0.4, -0.2) is 13.7 Å². The molecule has 22 heavy (non-hydrogen) atoms. The number of methoxy groups -OCH3 is 1. The van der Waals surface area contributed by atoms with E-state index in [-0.39, 0.29) is 0 Å². The molecule has 0 amide bonds. The molecule has 116 valence electrons. The largest absolute Gasteiger partial charge is 0.493 e. The average molecular weight is 474 g/mol. The van der Waals surface area contributed by atoms with Crippen LogP contribution in [0.15, 0.2) is 53.5 Å². The first kappa shape index (κ1) is 17.1. The molecule has 0 heterocycles. The average Bonchev–Trinajstić information content (AvgIpc) is 2.53. The summed E-state index contributed by atoms with van der Waals surface area (Å²) in [6.45, 7) is 4.85. The number of nitrogens with one attached hydrogen (secondary N) is 1. The third-order valence-corrected chi connectivity index (χ3v) is 4.31. The van der Waals surface area contributed by atoms with Gasteiger partial charge in [-0.2, -0.15) is 0 Å². The predicted molar refractivity (Wildman–Crippen MR) is 103 cm³/mol. The maximum atomic E-state index is 5.66. The zero-order chi connectivity index (χ0) is 15.9. The zero-order valence-electron chi connectivity index (χ0n) is 12.2. The van der Waals surface area contributed by atoms with E-state index in [1.165, 1.54) is 0 Å². The fraction of sp³-hybridized carbons (Fsp3) is 0.176. The molecule has 0 unspecified atom stereocenters. The standard InChI is InChI=1S/C17H17BrINO2/c1-3-8-22-17-15(19)9-12(10-16(17)21-2)11-20-14-6-4-13(18)5-7-14/h3-7,9-10,20H,1,8,11H2,2H3. The Bertz CT molecular complexity index is 644. The van der Waals surface area contributed by atoms with Gasteiger partial charge in [0.15, 0.2) is 11.5 Å². The van der Waals surface area contributed by atoms with E-state index in [4.69, 9.17) is 9.47 Å². The van der Waals surface area contributed by atoms with Crippen molar-refractivity contribution in [1.82, 2.24) is 0 Å². The molecule has 0 aliphatic carbocycles. The Morgan fingerprint density at radius 2 is 2.00 bits per heavy atom. The number of ether oxygens (including phenoxy) is 2. The van der Waals surface area contributed by atoms with E-state index < -0.39 is 0 Å². The molecule has 2 aromatic rings. The molecule has 0 spiro atoms. The summed E-state index contributed by atoms with van der Waals surface area (Å²) < 4.78 is 13.2. The van der Waals surface area contributed by atoms with Crippen LogP contribution >= 0.6 is 38.5 Å². The third kappa shape index (κ3) is 4.64. The van der Waals surface area contributed by atoms with E-state index in [1.54, 1.807) is 13.2 Å². The number of halogens is 2. The van der Waals surface area contributed by atoms with Gasteiger partial charge >= 0.3 is 0 Å². The first-order chi connectivity index (χ1) is 10.6. The maximum Gasteiger partial charge on any atom is 0.174 e. The quantitative estimate of drug-likeness (QED) is 0.440. The normalized spacial score (nSPS) is 10.1. The Balaban J connectivity index is 2.12. The number of benzene rings is 2. The van der Waals surface area contributed by atoms with Gasteiger partial charge < -0.3 is 14.8 Å². The molecule has 0 fully saturated rings. The van der Waals surface area contributed by atoms with Crippen molar-refractivity contribution in [2.24, 2.45) is 0 Å². The lowest BCUT2D eigenvalue weighted by atomic mass is 10.2. The Hall–Kier alpha value is -1.21. The highest BCUT2D eigenvalue weighted by atomic mass is 127. The lowest BCUT2D eigenvalue weighted by Crippen LogP contribution is -2.03. The molecular formula is C17H17BrINO2. The maximum absolute atomic E-state index is 5.66. The zero-order valence-corrected chi connectivity index (χ0v) is 16.0. The Kier molecular flexibility index (Phi) is 6.57. The van der Waals surface area contributed by atoms with Gasteiger partial charge in [-0.25, -0.2) is 0 Å². The first-order valence-corrected chi connectivity index (χ1v) is 8.60. The van der Waals surface area contributed by atoms with Gasteiger partial charge in [0.1, 0.15) is 6.61 Å². The van der Waals surface area contributed by atoms with E-state index in [2.05, 4.69) is 56.5 Å². The fourth-order valence-corrected chi connectivity index (χ4v) is 3.02. The molecule has 0 aliphatic heterocycles. The third-order valence-electron chi connectivity index (χ3n) is 2.98. The lowest BCUT2D eigenvalue weighted by Gasteiger charge is -2.14. The Morgan fingerprint density at radius 1 is 1.27 bits per heavy atom. The smallest absolute Gasteiger partial charge is 0.174 e. The molecule has 0 aliphatic rings. The molecule has 3 nitrogen and oxygen atoms in total. The van der Waals surface area contributed by atoms with Crippen LogP contribution in [0, 0.1) is 3.57 Å². The summed E-state index contributed by atoms with van der Waals surface area (Å²) >= 11 is 5.69. The number of hydrogen-bond acceptors (Lipinski definition) is 3. The number of anilines is 1. The van der Waals surface area contributed by atoms with Crippen LogP contribution in [0.2, 0.25) is 0 Å². The van der Waals surface area contributed by atoms with Crippen molar-refractivity contribution in [3.8, 4) is 11.5 Å². The Morgan fingerprint density at radius 3 is 2.64 bits per heavy atom. The second-order valence-corrected chi connectivity index (χ2v) is 6.65. The van der Waals surface area contributed by atoms with Gasteiger partial charge in [-0.3, -0.25) is 0 Å². The van der Waals surface area contributed by atoms with Gasteiger partial charge in [0.2, 0.25) is 0 Å². The van der Waals surface area contributed by atoms with Crippen molar-refractivity contribution in [2.45, 2.75) is 6.54 Å². The van der Waals surface area contributed by atoms with E-state index in [1.807, 2.05) is 30.3 Å². The molecule has 2 aromatic carbocycles. The monoisotopic (exact) mass is 473 g/mol. The number of rotatable bonds is 7. The van der Waals surface area contributed by atoms with Gasteiger partial charge in [0.25, 0.3) is 0 Å². The second-order valence-electron chi connectivity index (χ2n) is 4.57. The van der Waals surface area contributed by atoms with Crippen LogP contribution in [0.4, 0.5) is 5.69 Å². The van der Waals surface area contributed by atoms with Gasteiger partial charge in [-0.05, 0) is 64.6 Å². The first-order valence-electron chi connectivity index (χ1n) is 6.73. The van der Waals surface area contributed by atoms with Crippen molar-refractivity contribution in [2.75, 3.05) is 19.0 Å². The van der Waals surface area contributed by atoms with Crippen molar-refractivity contribution in [3.05, 3.63) is 62.7 Å². The summed E-state index contributed by atoms with van der Waals surface area (Å²) in [6, 6.07) is 12.2. The van der Waals surface area contributed by atoms with Crippen molar-refractivity contribution >= 4 is 44.2 Å². The molecule has 0 atom stereocenters. The molecule has 0 bridgehead atoms.